The molecule has 21 heavy (non-hydrogen) atoms. The van der Waals surface area contributed by atoms with Gasteiger partial charge in [-0.25, -0.2) is 0 Å². The van der Waals surface area contributed by atoms with Gasteiger partial charge in [0.25, 0.3) is 0 Å². The van der Waals surface area contributed by atoms with Gasteiger partial charge in [0.05, 0.1) is 0 Å². The zero-order valence-corrected chi connectivity index (χ0v) is 13.1. The second-order valence-corrected chi connectivity index (χ2v) is 6.86. The fraction of sp³-hybridized carbons (Fsp3) is 0.647. The summed E-state index contributed by atoms with van der Waals surface area (Å²) in [7, 11) is 3.77. The second-order valence-electron chi connectivity index (χ2n) is 6.86. The van der Waals surface area contributed by atoms with E-state index in [-0.39, 0.29) is 11.3 Å². The number of rotatable bonds is 3. The van der Waals surface area contributed by atoms with Crippen molar-refractivity contribution in [2.24, 2.45) is 11.3 Å². The zero-order valence-electron chi connectivity index (χ0n) is 13.1. The molecule has 1 spiro atoms. The van der Waals surface area contributed by atoms with E-state index >= 15 is 0 Å². The third kappa shape index (κ3) is 2.82. The maximum atomic E-state index is 12.5. The minimum Gasteiger partial charge on any atom is -0.349 e. The maximum absolute atomic E-state index is 12.5. The molecule has 1 aromatic rings. The first kappa shape index (κ1) is 14.5. The molecular formula is C17H25N3O. The quantitative estimate of drug-likeness (QED) is 0.855. The topological polar surface area (TPSA) is 36.4 Å². The van der Waals surface area contributed by atoms with Crippen molar-refractivity contribution in [2.45, 2.75) is 32.2 Å². The van der Waals surface area contributed by atoms with Gasteiger partial charge in [-0.15, -0.1) is 0 Å². The van der Waals surface area contributed by atoms with Crippen LogP contribution in [-0.4, -0.2) is 47.9 Å². The molecule has 0 radical (unpaired) electrons. The SMILES string of the molecule is CN(C)C(=O)[C@@H]1CCC[C@@]12CCN(Cc1ccncc1)C2. The lowest BCUT2D eigenvalue weighted by molar-refractivity contribution is -0.136. The van der Waals surface area contributed by atoms with E-state index in [0.29, 0.717) is 5.91 Å². The summed E-state index contributed by atoms with van der Waals surface area (Å²) in [5.74, 6) is 0.563. The molecule has 2 atom stereocenters. The Balaban J connectivity index is 1.69. The summed E-state index contributed by atoms with van der Waals surface area (Å²) in [4.78, 5) is 20.8. The molecule has 2 aliphatic rings. The highest BCUT2D eigenvalue weighted by Crippen LogP contribution is 2.50. The van der Waals surface area contributed by atoms with Crippen LogP contribution in [0.3, 0.4) is 0 Å². The smallest absolute Gasteiger partial charge is 0.225 e. The number of aromatic nitrogens is 1. The molecule has 1 saturated heterocycles. The molecule has 114 valence electrons. The number of hydrogen-bond acceptors (Lipinski definition) is 3. The van der Waals surface area contributed by atoms with Gasteiger partial charge in [-0.2, -0.15) is 0 Å². The molecule has 2 fully saturated rings. The Kier molecular flexibility index (Phi) is 3.98. The first-order chi connectivity index (χ1) is 10.1. The van der Waals surface area contributed by atoms with E-state index in [2.05, 4.69) is 22.0 Å². The lowest BCUT2D eigenvalue weighted by atomic mass is 9.76. The average molecular weight is 287 g/mol. The Morgan fingerprint density at radius 3 is 2.86 bits per heavy atom. The van der Waals surface area contributed by atoms with Gasteiger partial charge in [-0.05, 0) is 48.9 Å². The number of nitrogens with zero attached hydrogens (tertiary/aromatic N) is 3. The Bertz CT molecular complexity index is 502. The average Bonchev–Trinajstić information content (AvgIpc) is 3.07. The number of amides is 1. The minimum absolute atomic E-state index is 0.231. The summed E-state index contributed by atoms with van der Waals surface area (Å²) < 4.78 is 0. The fourth-order valence-electron chi connectivity index (χ4n) is 4.19. The third-order valence-electron chi connectivity index (χ3n) is 5.27. The summed E-state index contributed by atoms with van der Waals surface area (Å²) in [6.45, 7) is 3.16. The monoisotopic (exact) mass is 287 g/mol. The number of hydrogen-bond donors (Lipinski definition) is 0. The fourth-order valence-corrected chi connectivity index (χ4v) is 4.19. The van der Waals surface area contributed by atoms with Crippen molar-refractivity contribution >= 4 is 5.91 Å². The molecule has 2 heterocycles. The maximum Gasteiger partial charge on any atom is 0.225 e. The molecule has 1 aliphatic heterocycles. The van der Waals surface area contributed by atoms with Crippen LogP contribution in [0.15, 0.2) is 24.5 Å². The van der Waals surface area contributed by atoms with Crippen LogP contribution in [0.4, 0.5) is 0 Å². The molecule has 1 aliphatic carbocycles. The Morgan fingerprint density at radius 1 is 1.38 bits per heavy atom. The van der Waals surface area contributed by atoms with Crippen molar-refractivity contribution in [3.8, 4) is 0 Å². The molecule has 1 amide bonds. The van der Waals surface area contributed by atoms with Crippen LogP contribution in [0.5, 0.6) is 0 Å². The van der Waals surface area contributed by atoms with Crippen LogP contribution in [0, 0.1) is 11.3 Å². The van der Waals surface area contributed by atoms with Gasteiger partial charge in [-0.1, -0.05) is 6.42 Å². The number of pyridine rings is 1. The van der Waals surface area contributed by atoms with Crippen molar-refractivity contribution in [1.82, 2.24) is 14.8 Å². The number of carbonyl (C=O) groups is 1. The molecule has 4 nitrogen and oxygen atoms in total. The van der Waals surface area contributed by atoms with E-state index in [9.17, 15) is 4.79 Å². The molecule has 1 saturated carbocycles. The van der Waals surface area contributed by atoms with Gasteiger partial charge in [0.1, 0.15) is 0 Å². The lowest BCUT2D eigenvalue weighted by Crippen LogP contribution is -2.40. The van der Waals surface area contributed by atoms with Crippen LogP contribution >= 0.6 is 0 Å². The molecule has 0 N–H and O–H groups in total. The second kappa shape index (κ2) is 5.76. The van der Waals surface area contributed by atoms with Crippen LogP contribution in [0.2, 0.25) is 0 Å². The van der Waals surface area contributed by atoms with Gasteiger partial charge in [0.15, 0.2) is 0 Å². The number of likely N-dealkylation sites (tertiary alicyclic amines) is 1. The normalized spacial score (nSPS) is 29.1. The minimum atomic E-state index is 0.231. The van der Waals surface area contributed by atoms with Gasteiger partial charge in [0, 0.05) is 45.5 Å². The van der Waals surface area contributed by atoms with Crippen LogP contribution in [0.1, 0.15) is 31.2 Å². The van der Waals surface area contributed by atoms with E-state index in [1.54, 1.807) is 4.90 Å². The van der Waals surface area contributed by atoms with Crippen molar-refractivity contribution in [3.63, 3.8) is 0 Å². The van der Waals surface area contributed by atoms with Crippen LogP contribution in [-0.2, 0) is 11.3 Å². The third-order valence-corrected chi connectivity index (χ3v) is 5.27. The molecule has 3 rings (SSSR count). The van der Waals surface area contributed by atoms with Crippen LogP contribution in [0.25, 0.3) is 0 Å². The largest absolute Gasteiger partial charge is 0.349 e. The molecule has 0 aromatic carbocycles. The lowest BCUT2D eigenvalue weighted by Gasteiger charge is -2.32. The Labute approximate surface area is 127 Å². The van der Waals surface area contributed by atoms with Gasteiger partial charge in [0.2, 0.25) is 5.91 Å². The standard InChI is InChI=1S/C17H25N3O/c1-19(2)16(21)15-4-3-7-17(15)8-11-20(13-17)12-14-5-9-18-10-6-14/h5-6,9-10,15H,3-4,7-8,11-13H2,1-2H3/t15-,17-/m0/s1. The van der Waals surface area contributed by atoms with Crippen molar-refractivity contribution in [3.05, 3.63) is 30.1 Å². The molecule has 0 unspecified atom stereocenters. The van der Waals surface area contributed by atoms with E-state index in [1.807, 2.05) is 26.5 Å². The summed E-state index contributed by atoms with van der Waals surface area (Å²) in [5, 5.41) is 0. The summed E-state index contributed by atoms with van der Waals surface area (Å²) in [6, 6.07) is 4.17. The number of carbonyl (C=O) groups excluding carboxylic acids is 1. The van der Waals surface area contributed by atoms with Crippen molar-refractivity contribution in [1.29, 1.82) is 0 Å². The van der Waals surface area contributed by atoms with E-state index < -0.39 is 0 Å². The van der Waals surface area contributed by atoms with E-state index in [1.165, 1.54) is 24.8 Å². The molecular weight excluding hydrogens is 262 g/mol. The van der Waals surface area contributed by atoms with Crippen molar-refractivity contribution < 1.29 is 4.79 Å². The highest BCUT2D eigenvalue weighted by molar-refractivity contribution is 5.79. The highest BCUT2D eigenvalue weighted by atomic mass is 16.2. The first-order valence-corrected chi connectivity index (χ1v) is 7.93. The highest BCUT2D eigenvalue weighted by Gasteiger charge is 2.50. The Morgan fingerprint density at radius 2 is 2.14 bits per heavy atom. The van der Waals surface area contributed by atoms with Gasteiger partial charge < -0.3 is 4.90 Å². The van der Waals surface area contributed by atoms with Crippen molar-refractivity contribution in [2.75, 3.05) is 27.2 Å². The summed E-state index contributed by atoms with van der Waals surface area (Å²) >= 11 is 0. The van der Waals surface area contributed by atoms with Gasteiger partial charge in [-0.3, -0.25) is 14.7 Å². The van der Waals surface area contributed by atoms with E-state index in [0.717, 1.165) is 26.1 Å². The first-order valence-electron chi connectivity index (χ1n) is 7.93. The predicted octanol–water partition coefficient (Wildman–Crippen LogP) is 2.16. The molecule has 1 aromatic heterocycles. The predicted molar refractivity (Wildman–Crippen MR) is 82.6 cm³/mol. The Hall–Kier alpha value is -1.42. The summed E-state index contributed by atoms with van der Waals surface area (Å²) in [5.41, 5.74) is 1.55. The van der Waals surface area contributed by atoms with Gasteiger partial charge >= 0.3 is 0 Å². The molecule has 0 bridgehead atoms. The van der Waals surface area contributed by atoms with E-state index in [4.69, 9.17) is 0 Å². The zero-order chi connectivity index (χ0) is 14.9. The molecule has 4 heteroatoms. The summed E-state index contributed by atoms with van der Waals surface area (Å²) in [6.07, 6.45) is 8.37. The van der Waals surface area contributed by atoms with Crippen LogP contribution < -0.4 is 0 Å².